The Kier molecular flexibility index (Phi) is 25.0. The maximum Gasteiger partial charge on any atom is 0.472 e. The summed E-state index contributed by atoms with van der Waals surface area (Å²) in [5, 5.41) is 0. The SMILES string of the molecule is CCCCCCCCCCCCCCCCCCOc1ccccc1CC(COP(=O)(O)OCCCCN(C)C)CC(C)=O. The molecular formula is C36H66NO6P. The van der Waals surface area contributed by atoms with Crippen LogP contribution in [0.2, 0.25) is 0 Å². The number of para-hydroxylation sites is 1. The summed E-state index contributed by atoms with van der Waals surface area (Å²) in [6.07, 6.45) is 23.8. The van der Waals surface area contributed by atoms with Crippen LogP contribution in [0.25, 0.3) is 0 Å². The first-order valence-electron chi connectivity index (χ1n) is 17.7. The number of nitrogens with zero attached hydrogens (tertiary/aromatic N) is 1. The lowest BCUT2D eigenvalue weighted by Gasteiger charge is -2.20. The molecule has 2 atom stereocenters. The van der Waals surface area contributed by atoms with Gasteiger partial charge < -0.3 is 19.3 Å². The minimum absolute atomic E-state index is 0.0162. The lowest BCUT2D eigenvalue weighted by molar-refractivity contribution is -0.118. The number of unbranched alkanes of at least 4 members (excludes halogenated alkanes) is 16. The second-order valence-corrected chi connectivity index (χ2v) is 14.3. The van der Waals surface area contributed by atoms with Gasteiger partial charge in [-0.2, -0.15) is 0 Å². The number of carbonyl (C=O) groups excluding carboxylic acids is 1. The third-order valence-electron chi connectivity index (χ3n) is 8.04. The highest BCUT2D eigenvalue weighted by molar-refractivity contribution is 7.47. The van der Waals surface area contributed by atoms with Crippen molar-refractivity contribution >= 4 is 13.6 Å². The highest BCUT2D eigenvalue weighted by Crippen LogP contribution is 2.44. The lowest BCUT2D eigenvalue weighted by Crippen LogP contribution is -2.17. The van der Waals surface area contributed by atoms with Crippen molar-refractivity contribution in [3.05, 3.63) is 29.8 Å². The number of Topliss-reactive ketones (excluding diaryl/α,β-unsaturated/α-hetero) is 1. The van der Waals surface area contributed by atoms with Gasteiger partial charge in [0.1, 0.15) is 11.5 Å². The summed E-state index contributed by atoms with van der Waals surface area (Å²) < 4.78 is 29.0. The number of phosphoric acid groups is 1. The number of hydrogen-bond donors (Lipinski definition) is 1. The average molecular weight is 640 g/mol. The van der Waals surface area contributed by atoms with E-state index in [0.29, 0.717) is 19.4 Å². The molecule has 0 aliphatic heterocycles. The fourth-order valence-corrected chi connectivity index (χ4v) is 6.33. The quantitative estimate of drug-likeness (QED) is 0.0639. The zero-order chi connectivity index (χ0) is 32.3. The van der Waals surface area contributed by atoms with Gasteiger partial charge in [0, 0.05) is 6.42 Å². The number of benzene rings is 1. The standard InChI is InChI=1S/C36H66NO6P/c1-5-6-7-8-9-10-11-12-13-14-15-16-17-18-19-23-28-41-36-26-21-20-25-35(36)31-34(30-33(2)38)32-43-44(39,40)42-29-24-22-27-37(3)4/h20-21,25-26,34H,5-19,22-24,27-32H2,1-4H3,(H,39,40). The maximum absolute atomic E-state index is 12.4. The molecule has 0 amide bonds. The minimum Gasteiger partial charge on any atom is -0.493 e. The molecule has 0 aliphatic rings. The van der Waals surface area contributed by atoms with Gasteiger partial charge in [0.25, 0.3) is 0 Å². The normalized spacial score (nSPS) is 13.7. The molecule has 1 aromatic carbocycles. The predicted molar refractivity (Wildman–Crippen MR) is 183 cm³/mol. The van der Waals surface area contributed by atoms with E-state index in [1.54, 1.807) is 0 Å². The smallest absolute Gasteiger partial charge is 0.472 e. The minimum atomic E-state index is -4.17. The van der Waals surface area contributed by atoms with Crippen LogP contribution in [0.3, 0.4) is 0 Å². The van der Waals surface area contributed by atoms with Crippen molar-refractivity contribution in [2.45, 2.75) is 142 Å². The van der Waals surface area contributed by atoms with Crippen LogP contribution in [0.1, 0.15) is 141 Å². The average Bonchev–Trinajstić information content (AvgIpc) is 2.97. The van der Waals surface area contributed by atoms with Crippen LogP contribution in [0, 0.1) is 5.92 Å². The van der Waals surface area contributed by atoms with Crippen molar-refractivity contribution in [2.75, 3.05) is 40.5 Å². The monoisotopic (exact) mass is 639 g/mol. The van der Waals surface area contributed by atoms with E-state index >= 15 is 0 Å². The molecule has 1 aromatic rings. The first-order valence-corrected chi connectivity index (χ1v) is 19.2. The third-order valence-corrected chi connectivity index (χ3v) is 9.02. The summed E-state index contributed by atoms with van der Waals surface area (Å²) >= 11 is 0. The molecule has 0 aliphatic carbocycles. The molecule has 0 bridgehead atoms. The number of hydrogen-bond acceptors (Lipinski definition) is 6. The van der Waals surface area contributed by atoms with Gasteiger partial charge in [-0.3, -0.25) is 9.05 Å². The largest absolute Gasteiger partial charge is 0.493 e. The number of rotatable bonds is 31. The summed E-state index contributed by atoms with van der Waals surface area (Å²) in [6.45, 7) is 5.50. The molecule has 0 aromatic heterocycles. The van der Waals surface area contributed by atoms with Gasteiger partial charge in [0.05, 0.1) is 19.8 Å². The van der Waals surface area contributed by atoms with Crippen LogP contribution < -0.4 is 4.74 Å². The molecule has 2 unspecified atom stereocenters. The molecule has 0 spiro atoms. The van der Waals surface area contributed by atoms with Gasteiger partial charge in [-0.25, -0.2) is 4.57 Å². The second kappa shape index (κ2) is 26.9. The van der Waals surface area contributed by atoms with Crippen molar-refractivity contribution in [3.63, 3.8) is 0 Å². The Morgan fingerprint density at radius 1 is 0.773 bits per heavy atom. The Balaban J connectivity index is 2.26. The van der Waals surface area contributed by atoms with Gasteiger partial charge >= 0.3 is 7.82 Å². The number of ketones is 1. The van der Waals surface area contributed by atoms with Crippen LogP contribution in [0.15, 0.2) is 24.3 Å². The summed E-state index contributed by atoms with van der Waals surface area (Å²) in [5.74, 6) is 0.583. The van der Waals surface area contributed by atoms with Crippen LogP contribution in [-0.4, -0.2) is 56.0 Å². The molecule has 8 heteroatoms. The van der Waals surface area contributed by atoms with Crippen molar-refractivity contribution in [3.8, 4) is 5.75 Å². The summed E-state index contributed by atoms with van der Waals surface area (Å²) in [7, 11) is -0.201. The van der Waals surface area contributed by atoms with Gasteiger partial charge in [-0.05, 0) is 70.8 Å². The van der Waals surface area contributed by atoms with Crippen molar-refractivity contribution in [1.82, 2.24) is 4.90 Å². The fraction of sp³-hybridized carbons (Fsp3) is 0.806. The molecule has 0 fully saturated rings. The Hall–Kier alpha value is -1.24. The van der Waals surface area contributed by atoms with Crippen molar-refractivity contribution in [1.29, 1.82) is 0 Å². The first kappa shape index (κ1) is 40.8. The van der Waals surface area contributed by atoms with E-state index in [4.69, 9.17) is 13.8 Å². The summed E-state index contributed by atoms with van der Waals surface area (Å²) in [6, 6.07) is 7.86. The van der Waals surface area contributed by atoms with Crippen molar-refractivity contribution in [2.24, 2.45) is 5.92 Å². The van der Waals surface area contributed by atoms with Crippen LogP contribution in [0.4, 0.5) is 0 Å². The van der Waals surface area contributed by atoms with Crippen LogP contribution in [-0.2, 0) is 24.8 Å². The Morgan fingerprint density at radius 3 is 1.84 bits per heavy atom. The maximum atomic E-state index is 12.4. The molecule has 0 radical (unpaired) electrons. The number of phosphoric ester groups is 1. The zero-order valence-corrected chi connectivity index (χ0v) is 29.6. The number of carbonyl (C=O) groups is 1. The molecule has 0 heterocycles. The molecule has 7 nitrogen and oxygen atoms in total. The van der Waals surface area contributed by atoms with E-state index in [9.17, 15) is 14.3 Å². The van der Waals surface area contributed by atoms with Gasteiger partial charge in [0.15, 0.2) is 0 Å². The van der Waals surface area contributed by atoms with E-state index < -0.39 is 7.82 Å². The predicted octanol–water partition coefficient (Wildman–Crippen LogP) is 9.94. The van der Waals surface area contributed by atoms with Crippen LogP contribution >= 0.6 is 7.82 Å². The van der Waals surface area contributed by atoms with Crippen molar-refractivity contribution < 1.29 is 28.0 Å². The number of ether oxygens (including phenoxy) is 1. The van der Waals surface area contributed by atoms with E-state index in [1.807, 2.05) is 38.4 Å². The second-order valence-electron chi connectivity index (χ2n) is 12.8. The molecule has 1 rings (SSSR count). The van der Waals surface area contributed by atoms with Gasteiger partial charge in [-0.1, -0.05) is 121 Å². The molecule has 44 heavy (non-hydrogen) atoms. The van der Waals surface area contributed by atoms with E-state index in [0.717, 1.165) is 30.7 Å². The third kappa shape index (κ3) is 24.1. The first-order chi connectivity index (χ1) is 21.2. The summed E-state index contributed by atoms with van der Waals surface area (Å²) in [4.78, 5) is 24.1. The zero-order valence-electron chi connectivity index (χ0n) is 28.7. The summed E-state index contributed by atoms with van der Waals surface area (Å²) in [5.41, 5.74) is 0.983. The fourth-order valence-electron chi connectivity index (χ4n) is 5.50. The molecule has 0 saturated carbocycles. The molecule has 0 saturated heterocycles. The molecular weight excluding hydrogens is 573 g/mol. The topological polar surface area (TPSA) is 85.3 Å². The van der Waals surface area contributed by atoms with E-state index in [1.165, 1.54) is 103 Å². The Bertz CT molecular complexity index is 880. The highest BCUT2D eigenvalue weighted by Gasteiger charge is 2.24. The lowest BCUT2D eigenvalue weighted by atomic mass is 9.95. The van der Waals surface area contributed by atoms with E-state index in [2.05, 4.69) is 11.8 Å². The highest BCUT2D eigenvalue weighted by atomic mass is 31.2. The Morgan fingerprint density at radius 2 is 1.30 bits per heavy atom. The van der Waals surface area contributed by atoms with E-state index in [-0.39, 0.29) is 31.3 Å². The Labute approximate surface area is 270 Å². The molecule has 1 N–H and O–H groups in total. The van der Waals surface area contributed by atoms with Crippen LogP contribution in [0.5, 0.6) is 5.75 Å². The van der Waals surface area contributed by atoms with Gasteiger partial charge in [0.2, 0.25) is 0 Å². The molecule has 256 valence electrons. The van der Waals surface area contributed by atoms with Gasteiger partial charge in [-0.15, -0.1) is 0 Å².